The number of sulfonamides is 1. The molecule has 0 unspecified atom stereocenters. The van der Waals surface area contributed by atoms with Crippen molar-refractivity contribution in [1.29, 1.82) is 0 Å². The summed E-state index contributed by atoms with van der Waals surface area (Å²) in [6.07, 6.45) is 9.49. The predicted octanol–water partition coefficient (Wildman–Crippen LogP) is 5.21. The van der Waals surface area contributed by atoms with Crippen LogP contribution in [0.15, 0.2) is 53.4 Å². The molecule has 1 amide bonds. The van der Waals surface area contributed by atoms with E-state index in [1.807, 2.05) is 12.1 Å². The Morgan fingerprint density at radius 3 is 2.16 bits per heavy atom. The van der Waals surface area contributed by atoms with Crippen LogP contribution in [0.4, 0.5) is 5.69 Å². The van der Waals surface area contributed by atoms with Crippen LogP contribution in [0.25, 0.3) is 0 Å². The molecule has 1 aliphatic rings. The molecule has 2 aromatic rings. The normalized spacial score (nSPS) is 15.0. The zero-order chi connectivity index (χ0) is 22.1. The van der Waals surface area contributed by atoms with E-state index in [9.17, 15) is 13.2 Å². The van der Waals surface area contributed by atoms with Crippen molar-refractivity contribution < 1.29 is 13.2 Å². The Morgan fingerprint density at radius 1 is 0.903 bits per heavy atom. The van der Waals surface area contributed by atoms with Gasteiger partial charge in [0.1, 0.15) is 0 Å². The number of hydrogen-bond acceptors (Lipinski definition) is 3. The van der Waals surface area contributed by atoms with E-state index in [1.54, 1.807) is 24.3 Å². The van der Waals surface area contributed by atoms with Crippen molar-refractivity contribution in [3.8, 4) is 0 Å². The van der Waals surface area contributed by atoms with Crippen LogP contribution in [0.5, 0.6) is 0 Å². The molecule has 6 heteroatoms. The monoisotopic (exact) mass is 442 g/mol. The summed E-state index contributed by atoms with van der Waals surface area (Å²) < 4.78 is 28.0. The van der Waals surface area contributed by atoms with Gasteiger partial charge in [-0.15, -0.1) is 0 Å². The van der Waals surface area contributed by atoms with Crippen LogP contribution >= 0.6 is 0 Å². The lowest BCUT2D eigenvalue weighted by atomic mass is 9.96. The zero-order valence-electron chi connectivity index (χ0n) is 18.4. The number of hydrogen-bond donors (Lipinski definition) is 2. The van der Waals surface area contributed by atoms with E-state index in [-0.39, 0.29) is 16.8 Å². The Balaban J connectivity index is 1.47. The topological polar surface area (TPSA) is 75.3 Å². The molecule has 31 heavy (non-hydrogen) atoms. The van der Waals surface area contributed by atoms with Gasteiger partial charge in [-0.05, 0) is 67.5 Å². The summed E-state index contributed by atoms with van der Waals surface area (Å²) in [6, 6.07) is 14.9. The fourth-order valence-electron chi connectivity index (χ4n) is 3.96. The van der Waals surface area contributed by atoms with Gasteiger partial charge in [0.2, 0.25) is 15.9 Å². The molecule has 1 saturated carbocycles. The molecule has 0 saturated heterocycles. The summed E-state index contributed by atoms with van der Waals surface area (Å²) >= 11 is 0. The van der Waals surface area contributed by atoms with Gasteiger partial charge in [-0.3, -0.25) is 4.79 Å². The number of anilines is 1. The van der Waals surface area contributed by atoms with E-state index in [0.29, 0.717) is 12.8 Å². The predicted molar refractivity (Wildman–Crippen MR) is 126 cm³/mol. The molecule has 2 N–H and O–H groups in total. The van der Waals surface area contributed by atoms with Gasteiger partial charge in [-0.1, -0.05) is 56.9 Å². The standard InChI is InChI=1S/C25H34N2O3S/c1-2-3-7-20-10-15-22(16-11-20)26-25(28)19-14-21-12-17-24(18-13-21)31(29,30)27-23-8-5-4-6-9-23/h10-13,15-18,23,27H,2-9,14,19H2,1H3,(H,26,28). The van der Waals surface area contributed by atoms with E-state index in [1.165, 1.54) is 24.8 Å². The van der Waals surface area contributed by atoms with Crippen molar-refractivity contribution in [1.82, 2.24) is 4.72 Å². The lowest BCUT2D eigenvalue weighted by Gasteiger charge is -2.22. The zero-order valence-corrected chi connectivity index (χ0v) is 19.2. The third kappa shape index (κ3) is 7.47. The first kappa shape index (κ1) is 23.5. The van der Waals surface area contributed by atoms with Crippen molar-refractivity contribution in [2.75, 3.05) is 5.32 Å². The van der Waals surface area contributed by atoms with Crippen LogP contribution in [-0.4, -0.2) is 20.4 Å². The fourth-order valence-corrected chi connectivity index (χ4v) is 5.27. The average Bonchev–Trinajstić information content (AvgIpc) is 2.78. The second-order valence-corrected chi connectivity index (χ2v) is 10.2. The molecule has 1 aliphatic carbocycles. The van der Waals surface area contributed by atoms with Crippen molar-refractivity contribution in [2.24, 2.45) is 0 Å². The number of aryl methyl sites for hydroxylation is 2. The lowest BCUT2D eigenvalue weighted by Crippen LogP contribution is -2.36. The quantitative estimate of drug-likeness (QED) is 0.530. The molecule has 0 heterocycles. The summed E-state index contributed by atoms with van der Waals surface area (Å²) in [5, 5.41) is 2.93. The largest absolute Gasteiger partial charge is 0.326 e. The molecule has 5 nitrogen and oxygen atoms in total. The molecule has 168 valence electrons. The summed E-state index contributed by atoms with van der Waals surface area (Å²) in [7, 11) is -3.49. The van der Waals surface area contributed by atoms with Gasteiger partial charge in [-0.2, -0.15) is 0 Å². The summed E-state index contributed by atoms with van der Waals surface area (Å²) in [5.74, 6) is -0.0445. The Kier molecular flexibility index (Phi) is 8.67. The maximum absolute atomic E-state index is 12.6. The van der Waals surface area contributed by atoms with Gasteiger partial charge in [0, 0.05) is 18.2 Å². The fraction of sp³-hybridized carbons (Fsp3) is 0.480. The van der Waals surface area contributed by atoms with Gasteiger partial charge in [0.05, 0.1) is 4.90 Å². The Morgan fingerprint density at radius 2 is 1.52 bits per heavy atom. The first-order valence-corrected chi connectivity index (χ1v) is 12.9. The van der Waals surface area contributed by atoms with Gasteiger partial charge < -0.3 is 5.32 Å². The average molecular weight is 443 g/mol. The minimum Gasteiger partial charge on any atom is -0.326 e. The first-order valence-electron chi connectivity index (χ1n) is 11.5. The maximum Gasteiger partial charge on any atom is 0.240 e. The minimum atomic E-state index is -3.49. The van der Waals surface area contributed by atoms with Gasteiger partial charge in [-0.25, -0.2) is 13.1 Å². The van der Waals surface area contributed by atoms with Gasteiger partial charge in [0.15, 0.2) is 0 Å². The number of unbranched alkanes of at least 4 members (excludes halogenated alkanes) is 1. The number of rotatable bonds is 10. The van der Waals surface area contributed by atoms with Crippen molar-refractivity contribution in [2.45, 2.75) is 82.1 Å². The molecule has 3 rings (SSSR count). The second kappa shape index (κ2) is 11.4. The highest BCUT2D eigenvalue weighted by molar-refractivity contribution is 7.89. The SMILES string of the molecule is CCCCc1ccc(NC(=O)CCc2ccc(S(=O)(=O)NC3CCCCC3)cc2)cc1. The first-order chi connectivity index (χ1) is 15.0. The molecule has 0 atom stereocenters. The van der Waals surface area contributed by atoms with Crippen LogP contribution in [0.2, 0.25) is 0 Å². The number of amides is 1. The second-order valence-electron chi connectivity index (χ2n) is 8.45. The molecule has 2 aromatic carbocycles. The highest BCUT2D eigenvalue weighted by atomic mass is 32.2. The van der Waals surface area contributed by atoms with E-state index in [4.69, 9.17) is 0 Å². The maximum atomic E-state index is 12.6. The van der Waals surface area contributed by atoms with Crippen LogP contribution < -0.4 is 10.0 Å². The molecule has 0 aliphatic heterocycles. The summed E-state index contributed by atoms with van der Waals surface area (Å²) in [5.41, 5.74) is 3.04. The van der Waals surface area contributed by atoms with Crippen molar-refractivity contribution >= 4 is 21.6 Å². The van der Waals surface area contributed by atoms with Crippen LogP contribution in [0, 0.1) is 0 Å². The number of benzene rings is 2. The van der Waals surface area contributed by atoms with Crippen molar-refractivity contribution in [3.63, 3.8) is 0 Å². The number of carbonyl (C=O) groups is 1. The van der Waals surface area contributed by atoms with Gasteiger partial charge >= 0.3 is 0 Å². The Hall–Kier alpha value is -2.18. The van der Waals surface area contributed by atoms with Crippen LogP contribution in [0.1, 0.15) is 69.4 Å². The van der Waals surface area contributed by atoms with Crippen LogP contribution in [0.3, 0.4) is 0 Å². The summed E-state index contributed by atoms with van der Waals surface area (Å²) in [6.45, 7) is 2.18. The molecule has 0 aromatic heterocycles. The molecular formula is C25H34N2O3S. The highest BCUT2D eigenvalue weighted by Crippen LogP contribution is 2.20. The van der Waals surface area contributed by atoms with E-state index in [0.717, 1.165) is 43.4 Å². The number of nitrogens with one attached hydrogen (secondary N) is 2. The van der Waals surface area contributed by atoms with Gasteiger partial charge in [0.25, 0.3) is 0 Å². The molecule has 0 radical (unpaired) electrons. The smallest absolute Gasteiger partial charge is 0.240 e. The highest BCUT2D eigenvalue weighted by Gasteiger charge is 2.21. The minimum absolute atomic E-state index is 0.0443. The number of carbonyl (C=O) groups excluding carboxylic acids is 1. The summed E-state index contributed by atoms with van der Waals surface area (Å²) in [4.78, 5) is 12.6. The molecule has 0 spiro atoms. The lowest BCUT2D eigenvalue weighted by molar-refractivity contribution is -0.116. The Labute approximate surface area is 186 Å². The van der Waals surface area contributed by atoms with E-state index < -0.39 is 10.0 Å². The van der Waals surface area contributed by atoms with Crippen LogP contribution in [-0.2, 0) is 27.7 Å². The molecular weight excluding hydrogens is 408 g/mol. The molecule has 1 fully saturated rings. The molecule has 0 bridgehead atoms. The van der Waals surface area contributed by atoms with Crippen molar-refractivity contribution in [3.05, 3.63) is 59.7 Å². The van der Waals surface area contributed by atoms with E-state index >= 15 is 0 Å². The third-order valence-corrected chi connectivity index (χ3v) is 7.39. The van der Waals surface area contributed by atoms with E-state index in [2.05, 4.69) is 29.1 Å². The Bertz CT molecular complexity index is 932. The third-order valence-electron chi connectivity index (χ3n) is 5.86.